The lowest BCUT2D eigenvalue weighted by molar-refractivity contribution is -0.116. The molecule has 0 saturated carbocycles. The molecular formula is C14H20Cl2N2O2. The Kier molecular flexibility index (Phi) is 7.13. The summed E-state index contributed by atoms with van der Waals surface area (Å²) in [6, 6.07) is 5.73. The quantitative estimate of drug-likeness (QED) is 0.876. The van der Waals surface area contributed by atoms with E-state index in [0.29, 0.717) is 28.9 Å². The second-order valence-electron chi connectivity index (χ2n) is 4.73. The molecule has 20 heavy (non-hydrogen) atoms. The van der Waals surface area contributed by atoms with E-state index in [-0.39, 0.29) is 18.3 Å². The molecule has 6 heteroatoms. The summed E-state index contributed by atoms with van der Waals surface area (Å²) in [6.07, 6.45) is 3.79. The lowest BCUT2D eigenvalue weighted by Gasteiger charge is -2.11. The molecule has 0 aromatic heterocycles. The fraction of sp³-hybridized carbons (Fsp3) is 0.500. The molecule has 4 nitrogen and oxygen atoms in total. The highest BCUT2D eigenvalue weighted by Crippen LogP contribution is 2.27. The normalized spacial score (nSPS) is 17.4. The van der Waals surface area contributed by atoms with Gasteiger partial charge in [-0.05, 0) is 44.0 Å². The molecule has 0 aliphatic carbocycles. The minimum Gasteiger partial charge on any atom is -0.495 e. The van der Waals surface area contributed by atoms with Gasteiger partial charge < -0.3 is 15.4 Å². The van der Waals surface area contributed by atoms with Gasteiger partial charge in [-0.25, -0.2) is 0 Å². The Bertz CT molecular complexity index is 449. The Balaban J connectivity index is 0.00000200. The Hall–Kier alpha value is -0.970. The summed E-state index contributed by atoms with van der Waals surface area (Å²) in [4.78, 5) is 11.8. The molecule has 1 aromatic carbocycles. The number of amides is 1. The number of rotatable bonds is 5. The number of carbonyl (C=O) groups excluding carboxylic acids is 1. The molecule has 1 aliphatic rings. The van der Waals surface area contributed by atoms with Crippen molar-refractivity contribution in [1.29, 1.82) is 0 Å². The third-order valence-electron chi connectivity index (χ3n) is 3.32. The Morgan fingerprint density at radius 3 is 2.95 bits per heavy atom. The third kappa shape index (κ3) is 4.85. The van der Waals surface area contributed by atoms with Crippen LogP contribution >= 0.6 is 24.0 Å². The first-order valence-corrected chi connectivity index (χ1v) is 6.93. The summed E-state index contributed by atoms with van der Waals surface area (Å²) in [5.74, 6) is 0.629. The van der Waals surface area contributed by atoms with Crippen LogP contribution in [0.5, 0.6) is 5.75 Å². The molecule has 0 bridgehead atoms. The van der Waals surface area contributed by atoms with Crippen LogP contribution < -0.4 is 15.4 Å². The van der Waals surface area contributed by atoms with Gasteiger partial charge in [-0.1, -0.05) is 11.6 Å². The van der Waals surface area contributed by atoms with Gasteiger partial charge in [0, 0.05) is 18.2 Å². The van der Waals surface area contributed by atoms with E-state index < -0.39 is 0 Å². The van der Waals surface area contributed by atoms with Crippen LogP contribution in [0.4, 0.5) is 5.69 Å². The standard InChI is InChI=1S/C14H19ClN2O2.ClH/c1-19-13-6-4-11(9-12(13)15)17-14(18)7-5-10-3-2-8-16-10;/h4,6,9-10,16H,2-3,5,7-8H2,1H3,(H,17,18);1H. The molecule has 1 aromatic rings. The largest absolute Gasteiger partial charge is 0.495 e. The van der Waals surface area contributed by atoms with E-state index in [1.54, 1.807) is 25.3 Å². The second-order valence-corrected chi connectivity index (χ2v) is 5.14. The summed E-state index contributed by atoms with van der Waals surface area (Å²) >= 11 is 6.01. The fourth-order valence-corrected chi connectivity index (χ4v) is 2.53. The van der Waals surface area contributed by atoms with E-state index in [4.69, 9.17) is 16.3 Å². The molecule has 1 fully saturated rings. The van der Waals surface area contributed by atoms with Crippen molar-refractivity contribution in [3.8, 4) is 5.75 Å². The first kappa shape index (κ1) is 17.1. The maximum Gasteiger partial charge on any atom is 0.224 e. The van der Waals surface area contributed by atoms with Crippen LogP contribution in [0.25, 0.3) is 0 Å². The van der Waals surface area contributed by atoms with Gasteiger partial charge in [0.1, 0.15) is 5.75 Å². The zero-order chi connectivity index (χ0) is 13.7. The maximum absolute atomic E-state index is 11.8. The number of anilines is 1. The van der Waals surface area contributed by atoms with Gasteiger partial charge >= 0.3 is 0 Å². The van der Waals surface area contributed by atoms with E-state index >= 15 is 0 Å². The highest BCUT2D eigenvalue weighted by Gasteiger charge is 2.15. The predicted octanol–water partition coefficient (Wildman–Crippen LogP) is 3.24. The van der Waals surface area contributed by atoms with E-state index in [9.17, 15) is 4.79 Å². The number of ether oxygens (including phenoxy) is 1. The summed E-state index contributed by atoms with van der Waals surface area (Å²) in [6.45, 7) is 1.07. The molecule has 112 valence electrons. The van der Waals surface area contributed by atoms with E-state index in [1.165, 1.54) is 12.8 Å². The minimum atomic E-state index is 0. The van der Waals surface area contributed by atoms with Crippen LogP contribution in [0.15, 0.2) is 18.2 Å². The van der Waals surface area contributed by atoms with Crippen LogP contribution in [0.1, 0.15) is 25.7 Å². The van der Waals surface area contributed by atoms with Crippen LogP contribution in [0, 0.1) is 0 Å². The van der Waals surface area contributed by atoms with Crippen molar-refractivity contribution >= 4 is 35.6 Å². The molecule has 2 rings (SSSR count). The number of carbonyl (C=O) groups is 1. The molecule has 2 N–H and O–H groups in total. The first-order chi connectivity index (χ1) is 9.19. The van der Waals surface area contributed by atoms with Crippen molar-refractivity contribution < 1.29 is 9.53 Å². The molecule has 0 radical (unpaired) electrons. The maximum atomic E-state index is 11.8. The third-order valence-corrected chi connectivity index (χ3v) is 3.61. The van der Waals surface area contributed by atoms with Gasteiger partial charge in [-0.15, -0.1) is 12.4 Å². The Morgan fingerprint density at radius 1 is 1.55 bits per heavy atom. The molecule has 1 atom stereocenters. The van der Waals surface area contributed by atoms with Crippen molar-refractivity contribution in [3.05, 3.63) is 23.2 Å². The lowest BCUT2D eigenvalue weighted by atomic mass is 10.1. The van der Waals surface area contributed by atoms with Gasteiger partial charge in [-0.2, -0.15) is 0 Å². The number of halogens is 2. The highest BCUT2D eigenvalue weighted by atomic mass is 35.5. The molecule has 1 saturated heterocycles. The van der Waals surface area contributed by atoms with Crippen LogP contribution in [0.3, 0.4) is 0 Å². The minimum absolute atomic E-state index is 0. The van der Waals surface area contributed by atoms with Crippen LogP contribution in [0.2, 0.25) is 5.02 Å². The fourth-order valence-electron chi connectivity index (χ4n) is 2.28. The number of nitrogens with one attached hydrogen (secondary N) is 2. The van der Waals surface area contributed by atoms with Gasteiger partial charge in [0.05, 0.1) is 12.1 Å². The number of benzene rings is 1. The zero-order valence-electron chi connectivity index (χ0n) is 11.4. The Labute approximate surface area is 130 Å². The van der Waals surface area contributed by atoms with E-state index in [2.05, 4.69) is 10.6 Å². The highest BCUT2D eigenvalue weighted by molar-refractivity contribution is 6.32. The van der Waals surface area contributed by atoms with Crippen LogP contribution in [-0.4, -0.2) is 25.6 Å². The van der Waals surface area contributed by atoms with Gasteiger partial charge in [0.15, 0.2) is 0 Å². The number of hydrogen-bond acceptors (Lipinski definition) is 3. The molecule has 1 heterocycles. The molecule has 1 aliphatic heterocycles. The van der Waals surface area contributed by atoms with Crippen molar-refractivity contribution in [2.24, 2.45) is 0 Å². The van der Waals surface area contributed by atoms with E-state index in [1.807, 2.05) is 0 Å². The molecule has 0 spiro atoms. The average Bonchev–Trinajstić information content (AvgIpc) is 2.90. The second kappa shape index (κ2) is 8.35. The van der Waals surface area contributed by atoms with Crippen molar-refractivity contribution in [2.75, 3.05) is 19.0 Å². The van der Waals surface area contributed by atoms with Gasteiger partial charge in [-0.3, -0.25) is 4.79 Å². The average molecular weight is 319 g/mol. The first-order valence-electron chi connectivity index (χ1n) is 6.56. The zero-order valence-corrected chi connectivity index (χ0v) is 13.0. The molecular weight excluding hydrogens is 299 g/mol. The summed E-state index contributed by atoms with van der Waals surface area (Å²) in [5, 5.41) is 6.73. The van der Waals surface area contributed by atoms with Crippen molar-refractivity contribution in [2.45, 2.75) is 31.7 Å². The van der Waals surface area contributed by atoms with Crippen LogP contribution in [-0.2, 0) is 4.79 Å². The van der Waals surface area contributed by atoms with Gasteiger partial charge in [0.2, 0.25) is 5.91 Å². The topological polar surface area (TPSA) is 50.4 Å². The molecule has 1 amide bonds. The number of hydrogen-bond donors (Lipinski definition) is 2. The van der Waals surface area contributed by atoms with Crippen molar-refractivity contribution in [3.63, 3.8) is 0 Å². The number of methoxy groups -OCH3 is 1. The smallest absolute Gasteiger partial charge is 0.224 e. The monoisotopic (exact) mass is 318 g/mol. The summed E-state index contributed by atoms with van der Waals surface area (Å²) < 4.78 is 5.07. The summed E-state index contributed by atoms with van der Waals surface area (Å²) in [7, 11) is 1.56. The van der Waals surface area contributed by atoms with Gasteiger partial charge in [0.25, 0.3) is 0 Å². The molecule has 1 unspecified atom stereocenters. The Morgan fingerprint density at radius 2 is 2.35 bits per heavy atom. The summed E-state index contributed by atoms with van der Waals surface area (Å²) in [5.41, 5.74) is 0.704. The lowest BCUT2D eigenvalue weighted by Crippen LogP contribution is -2.23. The predicted molar refractivity (Wildman–Crippen MR) is 84.1 cm³/mol. The van der Waals surface area contributed by atoms with Crippen molar-refractivity contribution in [1.82, 2.24) is 5.32 Å². The SMILES string of the molecule is COc1ccc(NC(=O)CCC2CCCN2)cc1Cl.Cl. The van der Waals surface area contributed by atoms with E-state index in [0.717, 1.165) is 13.0 Å².